The third kappa shape index (κ3) is 7.66. The molecule has 0 aliphatic heterocycles. The summed E-state index contributed by atoms with van der Waals surface area (Å²) in [5.74, 6) is -3.57. The second-order valence-corrected chi connectivity index (χ2v) is 8.96. The van der Waals surface area contributed by atoms with Crippen molar-refractivity contribution in [2.45, 2.75) is 57.5 Å². The van der Waals surface area contributed by atoms with Gasteiger partial charge in [0.2, 0.25) is 6.79 Å². The van der Waals surface area contributed by atoms with Crippen LogP contribution in [0.4, 0.5) is 0 Å². The van der Waals surface area contributed by atoms with Gasteiger partial charge in [-0.05, 0) is 75.6 Å². The average molecular weight is 503 g/mol. The molecular formula is C26H30O10. The van der Waals surface area contributed by atoms with E-state index in [9.17, 15) is 24.0 Å². The number of carboxylic acids is 1. The number of esters is 4. The number of carboxylic acid groups (broad SMARTS) is 1. The predicted molar refractivity (Wildman–Crippen MR) is 124 cm³/mol. The smallest absolute Gasteiger partial charge is 0.341 e. The monoisotopic (exact) mass is 502 g/mol. The summed E-state index contributed by atoms with van der Waals surface area (Å²) < 4.78 is 20.5. The first kappa shape index (κ1) is 26.9. The van der Waals surface area contributed by atoms with Crippen molar-refractivity contribution >= 4 is 29.8 Å². The zero-order chi connectivity index (χ0) is 26.1. The van der Waals surface area contributed by atoms with Crippen LogP contribution in [0.15, 0.2) is 36.9 Å². The summed E-state index contributed by atoms with van der Waals surface area (Å²) in [6.07, 6.45) is 4.87. The second-order valence-electron chi connectivity index (χ2n) is 8.96. The van der Waals surface area contributed by atoms with E-state index in [1.165, 1.54) is 24.3 Å². The Morgan fingerprint density at radius 3 is 1.94 bits per heavy atom. The Morgan fingerprint density at radius 1 is 0.806 bits per heavy atom. The molecule has 1 aromatic rings. The van der Waals surface area contributed by atoms with E-state index in [4.69, 9.17) is 19.3 Å². The van der Waals surface area contributed by atoms with Crippen LogP contribution in [0.1, 0.15) is 61.7 Å². The lowest BCUT2D eigenvalue weighted by Crippen LogP contribution is -2.33. The van der Waals surface area contributed by atoms with Crippen molar-refractivity contribution in [3.63, 3.8) is 0 Å². The first-order valence-corrected chi connectivity index (χ1v) is 12.0. The van der Waals surface area contributed by atoms with Gasteiger partial charge in [-0.15, -0.1) is 0 Å². The zero-order valence-electron chi connectivity index (χ0n) is 19.9. The summed E-state index contributed by atoms with van der Waals surface area (Å²) in [4.78, 5) is 59.0. The lowest BCUT2D eigenvalue weighted by atomic mass is 9.82. The van der Waals surface area contributed by atoms with Crippen molar-refractivity contribution in [2.75, 3.05) is 6.79 Å². The lowest BCUT2D eigenvalue weighted by molar-refractivity contribution is -0.159. The van der Waals surface area contributed by atoms with Crippen molar-refractivity contribution < 1.29 is 48.0 Å². The molecule has 0 aromatic heterocycles. The Hall–Kier alpha value is -3.69. The van der Waals surface area contributed by atoms with Gasteiger partial charge in [0.15, 0.2) is 0 Å². The first-order valence-electron chi connectivity index (χ1n) is 12.0. The van der Waals surface area contributed by atoms with Gasteiger partial charge in [-0.25, -0.2) is 9.59 Å². The molecule has 10 heteroatoms. The molecule has 2 aliphatic rings. The third-order valence-corrected chi connectivity index (χ3v) is 6.57. The van der Waals surface area contributed by atoms with E-state index in [-0.39, 0.29) is 41.1 Å². The first-order chi connectivity index (χ1) is 17.3. The van der Waals surface area contributed by atoms with E-state index < -0.39 is 30.7 Å². The van der Waals surface area contributed by atoms with E-state index in [0.717, 1.165) is 6.08 Å². The minimum Gasteiger partial charge on any atom is -0.481 e. The van der Waals surface area contributed by atoms with E-state index in [2.05, 4.69) is 11.3 Å². The number of hydrogen-bond donors (Lipinski definition) is 1. The highest BCUT2D eigenvalue weighted by Gasteiger charge is 2.34. The number of ether oxygens (including phenoxy) is 4. The van der Waals surface area contributed by atoms with E-state index in [1.807, 2.05) is 0 Å². The largest absolute Gasteiger partial charge is 0.481 e. The van der Waals surface area contributed by atoms with Crippen LogP contribution in [0.5, 0.6) is 5.75 Å². The van der Waals surface area contributed by atoms with Crippen molar-refractivity contribution in [1.82, 2.24) is 0 Å². The second kappa shape index (κ2) is 12.9. The quantitative estimate of drug-likeness (QED) is 0.231. The fourth-order valence-electron chi connectivity index (χ4n) is 4.39. The molecule has 2 aliphatic carbocycles. The van der Waals surface area contributed by atoms with Crippen molar-refractivity contribution in [3.05, 3.63) is 42.5 Å². The summed E-state index contributed by atoms with van der Waals surface area (Å²) in [5.41, 5.74) is 0.197. The van der Waals surface area contributed by atoms with Gasteiger partial charge in [0.25, 0.3) is 0 Å². The molecule has 1 N–H and O–H groups in total. The molecule has 0 radical (unpaired) electrons. The number of hydrogen-bond acceptors (Lipinski definition) is 9. The number of carbonyl (C=O) groups excluding carboxylic acids is 4. The Balaban J connectivity index is 1.38. The molecule has 10 nitrogen and oxygen atoms in total. The molecule has 0 spiro atoms. The third-order valence-electron chi connectivity index (χ3n) is 6.57. The molecule has 36 heavy (non-hydrogen) atoms. The summed E-state index contributed by atoms with van der Waals surface area (Å²) in [6, 6.07) is 5.80. The Bertz CT molecular complexity index is 967. The van der Waals surface area contributed by atoms with E-state index in [0.29, 0.717) is 51.4 Å². The number of benzene rings is 1. The van der Waals surface area contributed by atoms with Gasteiger partial charge in [0, 0.05) is 6.08 Å². The maximum atomic E-state index is 12.6. The van der Waals surface area contributed by atoms with Gasteiger partial charge in [0.05, 0.1) is 23.3 Å². The van der Waals surface area contributed by atoms with Gasteiger partial charge in [-0.1, -0.05) is 6.58 Å². The molecule has 2 fully saturated rings. The Kier molecular flexibility index (Phi) is 9.61. The van der Waals surface area contributed by atoms with Crippen LogP contribution < -0.4 is 4.74 Å². The van der Waals surface area contributed by atoms with Crippen molar-refractivity contribution in [2.24, 2.45) is 17.8 Å². The maximum Gasteiger partial charge on any atom is 0.341 e. The van der Waals surface area contributed by atoms with Crippen LogP contribution in [0.25, 0.3) is 0 Å². The van der Waals surface area contributed by atoms with Crippen molar-refractivity contribution in [3.8, 4) is 5.75 Å². The van der Waals surface area contributed by atoms with Gasteiger partial charge in [-0.3, -0.25) is 14.4 Å². The van der Waals surface area contributed by atoms with E-state index in [1.54, 1.807) is 0 Å². The Labute approximate surface area is 208 Å². The van der Waals surface area contributed by atoms with Crippen LogP contribution in [-0.2, 0) is 33.4 Å². The number of carbonyl (C=O) groups is 5. The van der Waals surface area contributed by atoms with Gasteiger partial charge in [-0.2, -0.15) is 0 Å². The molecule has 2 saturated carbocycles. The topological polar surface area (TPSA) is 142 Å². The molecule has 0 unspecified atom stereocenters. The fraction of sp³-hybridized carbons (Fsp3) is 0.500. The lowest BCUT2D eigenvalue weighted by Gasteiger charge is -2.30. The van der Waals surface area contributed by atoms with Crippen LogP contribution in [0.3, 0.4) is 0 Å². The maximum absolute atomic E-state index is 12.6. The molecule has 0 atom stereocenters. The van der Waals surface area contributed by atoms with Gasteiger partial charge >= 0.3 is 29.8 Å². The molecule has 194 valence electrons. The molecule has 1 aromatic carbocycles. The van der Waals surface area contributed by atoms with Gasteiger partial charge < -0.3 is 24.1 Å². The highest BCUT2D eigenvalue weighted by molar-refractivity contribution is 5.89. The van der Waals surface area contributed by atoms with Crippen LogP contribution >= 0.6 is 0 Å². The number of rotatable bonds is 9. The summed E-state index contributed by atoms with van der Waals surface area (Å²) >= 11 is 0. The minimum atomic E-state index is -0.811. The number of aliphatic carboxylic acids is 1. The fourth-order valence-corrected chi connectivity index (χ4v) is 4.39. The molecule has 0 amide bonds. The van der Waals surface area contributed by atoms with Gasteiger partial charge in [0.1, 0.15) is 11.9 Å². The normalized spacial score (nSPS) is 23.6. The van der Waals surface area contributed by atoms with Crippen molar-refractivity contribution in [1.29, 1.82) is 0 Å². The standard InChI is InChI=1S/C26H30O10/c1-2-22(27)33-15-34-24(30)17-7-11-20(12-8-17)36-26(32)19-9-13-21(14-10-19)35-25(31)18-5-3-16(4-6-18)23(28)29/h2,7-8,11-12,16,18-19,21H,1,3-6,9-10,13-15H2,(H,28,29). The average Bonchev–Trinajstić information content (AvgIpc) is 2.89. The Morgan fingerprint density at radius 2 is 1.36 bits per heavy atom. The predicted octanol–water partition coefficient (Wildman–Crippen LogP) is 3.43. The highest BCUT2D eigenvalue weighted by Crippen LogP contribution is 2.32. The van der Waals surface area contributed by atoms with Crippen LogP contribution in [0, 0.1) is 17.8 Å². The molecular weight excluding hydrogens is 472 g/mol. The summed E-state index contributed by atoms with van der Waals surface area (Å²) in [5, 5.41) is 9.08. The zero-order valence-corrected chi connectivity index (χ0v) is 19.9. The molecule has 0 heterocycles. The van der Waals surface area contributed by atoms with E-state index >= 15 is 0 Å². The highest BCUT2D eigenvalue weighted by atomic mass is 16.7. The SMILES string of the molecule is C=CC(=O)OCOC(=O)c1ccc(OC(=O)C2CCC(OC(=O)C3CCC(C(=O)O)CC3)CC2)cc1. The van der Waals surface area contributed by atoms with Crippen LogP contribution in [-0.4, -0.2) is 47.8 Å². The molecule has 3 rings (SSSR count). The molecule has 0 saturated heterocycles. The summed E-state index contributed by atoms with van der Waals surface area (Å²) in [6.45, 7) is 2.69. The summed E-state index contributed by atoms with van der Waals surface area (Å²) in [7, 11) is 0. The minimum absolute atomic E-state index is 0.197. The van der Waals surface area contributed by atoms with Crippen LogP contribution in [0.2, 0.25) is 0 Å². The molecule has 0 bridgehead atoms.